The molecule has 0 aliphatic heterocycles. The molecule has 240 valence electrons. The summed E-state index contributed by atoms with van der Waals surface area (Å²) in [7, 11) is 0. The van der Waals surface area contributed by atoms with Gasteiger partial charge < -0.3 is 43.4 Å². The van der Waals surface area contributed by atoms with Crippen LogP contribution in [0.15, 0.2) is 50.6 Å². The van der Waals surface area contributed by atoms with Crippen molar-refractivity contribution >= 4 is 23.9 Å². The zero-order valence-corrected chi connectivity index (χ0v) is 25.4. The molecule has 0 aromatic rings. The molecule has 0 aromatic heterocycles. The largest absolute Gasteiger partial charge is 0.478 e. The average Bonchev–Trinajstić information content (AvgIpc) is 2.92. The lowest BCUT2D eigenvalue weighted by Gasteiger charge is -1.80. The van der Waals surface area contributed by atoms with Crippen LogP contribution in [-0.4, -0.2) is 70.5 Å². The number of hydrogen-bond donors (Lipinski definition) is 8. The Morgan fingerprint density at radius 3 is 0.550 bits per heavy atom. The van der Waals surface area contributed by atoms with Crippen LogP contribution >= 0.6 is 0 Å². The van der Waals surface area contributed by atoms with Crippen molar-refractivity contribution in [2.45, 2.75) is 79.1 Å². The zero-order chi connectivity index (χ0) is 33.6. The molecule has 0 saturated heterocycles. The van der Waals surface area contributed by atoms with Crippen LogP contribution in [0.25, 0.3) is 0 Å². The summed E-state index contributed by atoms with van der Waals surface area (Å²) in [6.07, 6.45) is 12.9. The Hall–Kier alpha value is -3.32. The van der Waals surface area contributed by atoms with E-state index >= 15 is 0 Å². The monoisotopic (exact) mass is 580 g/mol. The van der Waals surface area contributed by atoms with Gasteiger partial charge in [0.2, 0.25) is 0 Å². The molecular weight excluding hydrogens is 520 g/mol. The van der Waals surface area contributed by atoms with E-state index in [0.29, 0.717) is 0 Å². The van der Waals surface area contributed by atoms with Crippen molar-refractivity contribution in [3.05, 3.63) is 50.6 Å². The number of carboxylic acid groups (broad SMARTS) is 4. The summed E-state index contributed by atoms with van der Waals surface area (Å²) >= 11 is 0. The highest BCUT2D eigenvalue weighted by Gasteiger charge is 1.75. The Kier molecular flexibility index (Phi) is 100.0. The molecule has 40 heavy (non-hydrogen) atoms. The van der Waals surface area contributed by atoms with E-state index < -0.39 is 23.9 Å². The highest BCUT2D eigenvalue weighted by molar-refractivity contribution is 5.79. The van der Waals surface area contributed by atoms with Gasteiger partial charge in [0.05, 0.1) is 0 Å². The standard InChI is InChI=1S/4C4H11N.4C3H4O2/c4*1-2-3-4-5;4*1-2-3(4)5/h4*2-5H2,1H3;4*2H,1H2,(H,4,5). The molecular formula is C28H60N4O8. The van der Waals surface area contributed by atoms with E-state index in [1.54, 1.807) is 0 Å². The average molecular weight is 581 g/mol. The van der Waals surface area contributed by atoms with E-state index in [9.17, 15) is 19.2 Å². The van der Waals surface area contributed by atoms with Crippen LogP contribution in [0.4, 0.5) is 0 Å². The molecule has 0 aliphatic rings. The number of hydrogen-bond acceptors (Lipinski definition) is 8. The highest BCUT2D eigenvalue weighted by Crippen LogP contribution is 1.78. The van der Waals surface area contributed by atoms with E-state index in [1.807, 2.05) is 0 Å². The lowest BCUT2D eigenvalue weighted by molar-refractivity contribution is -0.132. The summed E-state index contributed by atoms with van der Waals surface area (Å²) in [5.41, 5.74) is 20.6. The van der Waals surface area contributed by atoms with Crippen LogP contribution < -0.4 is 22.9 Å². The minimum Gasteiger partial charge on any atom is -0.478 e. The number of aliphatic carboxylic acids is 4. The van der Waals surface area contributed by atoms with E-state index in [4.69, 9.17) is 43.4 Å². The van der Waals surface area contributed by atoms with Crippen molar-refractivity contribution in [2.24, 2.45) is 22.9 Å². The van der Waals surface area contributed by atoms with Crippen molar-refractivity contribution in [1.29, 1.82) is 0 Å². The van der Waals surface area contributed by atoms with Gasteiger partial charge in [0.25, 0.3) is 0 Å². The number of nitrogens with two attached hydrogens (primary N) is 4. The fraction of sp³-hybridized carbons (Fsp3) is 0.571. The molecule has 0 atom stereocenters. The van der Waals surface area contributed by atoms with Gasteiger partial charge in [0, 0.05) is 24.3 Å². The summed E-state index contributed by atoms with van der Waals surface area (Å²) in [4.78, 5) is 37.0. The molecule has 0 rings (SSSR count). The summed E-state index contributed by atoms with van der Waals surface area (Å²) in [5, 5.41) is 30.4. The van der Waals surface area contributed by atoms with Gasteiger partial charge in [-0.25, -0.2) is 19.2 Å². The molecule has 0 unspecified atom stereocenters. The van der Waals surface area contributed by atoms with Gasteiger partial charge in [-0.05, 0) is 51.9 Å². The Morgan fingerprint density at radius 1 is 0.450 bits per heavy atom. The fourth-order valence-electron chi connectivity index (χ4n) is 0.816. The van der Waals surface area contributed by atoms with Crippen LogP contribution in [0.3, 0.4) is 0 Å². The molecule has 0 saturated carbocycles. The predicted octanol–water partition coefficient (Wildman–Crippen LogP) is 4.01. The van der Waals surface area contributed by atoms with Gasteiger partial charge in [0.15, 0.2) is 0 Å². The topological polar surface area (TPSA) is 253 Å². The Labute approximate surface area is 242 Å². The molecule has 0 radical (unpaired) electrons. The second-order valence-corrected chi connectivity index (χ2v) is 6.74. The molecule has 0 aliphatic carbocycles. The van der Waals surface area contributed by atoms with Gasteiger partial charge >= 0.3 is 23.9 Å². The minimum absolute atomic E-state index is 0.833. The second-order valence-electron chi connectivity index (χ2n) is 6.74. The van der Waals surface area contributed by atoms with E-state index in [1.165, 1.54) is 51.4 Å². The second kappa shape index (κ2) is 70.5. The van der Waals surface area contributed by atoms with E-state index in [2.05, 4.69) is 54.0 Å². The quantitative estimate of drug-likeness (QED) is 0.152. The first-order valence-corrected chi connectivity index (χ1v) is 13.0. The maximum Gasteiger partial charge on any atom is 0.327 e. The van der Waals surface area contributed by atoms with Crippen molar-refractivity contribution in [2.75, 3.05) is 26.2 Å². The molecule has 12 nitrogen and oxygen atoms in total. The number of unbranched alkanes of at least 4 members (excludes halogenated alkanes) is 4. The van der Waals surface area contributed by atoms with Gasteiger partial charge in [-0.2, -0.15) is 0 Å². The van der Waals surface area contributed by atoms with Crippen LogP contribution in [0, 0.1) is 0 Å². The maximum absolute atomic E-state index is 9.25. The smallest absolute Gasteiger partial charge is 0.327 e. The molecule has 0 aromatic carbocycles. The van der Waals surface area contributed by atoms with Gasteiger partial charge in [0.1, 0.15) is 0 Å². The number of rotatable bonds is 12. The van der Waals surface area contributed by atoms with Crippen LogP contribution in [-0.2, 0) is 19.2 Å². The third kappa shape index (κ3) is 245. The number of carboxylic acids is 4. The maximum atomic E-state index is 9.25. The van der Waals surface area contributed by atoms with Crippen LogP contribution in [0.5, 0.6) is 0 Å². The highest BCUT2D eigenvalue weighted by atomic mass is 16.4. The molecule has 0 amide bonds. The van der Waals surface area contributed by atoms with Gasteiger partial charge in [-0.15, -0.1) is 0 Å². The molecule has 0 spiro atoms. The SMILES string of the molecule is C=CC(=O)O.C=CC(=O)O.C=CC(=O)O.C=CC(=O)O.CCCCN.CCCCN.CCCCN.CCCCN. The van der Waals surface area contributed by atoms with Crippen molar-refractivity contribution in [3.8, 4) is 0 Å². The Bertz CT molecular complexity index is 454. The third-order valence-corrected chi connectivity index (χ3v) is 2.93. The van der Waals surface area contributed by atoms with Gasteiger partial charge in [-0.3, -0.25) is 0 Å². The summed E-state index contributed by atoms with van der Waals surface area (Å²) in [5.74, 6) is -3.93. The fourth-order valence-corrected chi connectivity index (χ4v) is 0.816. The Morgan fingerprint density at radius 2 is 0.550 bits per heavy atom. The first-order chi connectivity index (χ1) is 18.7. The van der Waals surface area contributed by atoms with E-state index in [-0.39, 0.29) is 0 Å². The summed E-state index contributed by atoms with van der Waals surface area (Å²) in [6, 6.07) is 0. The molecule has 12 heteroatoms. The molecule has 0 bridgehead atoms. The summed E-state index contributed by atoms with van der Waals surface area (Å²) < 4.78 is 0. The zero-order valence-electron chi connectivity index (χ0n) is 25.4. The first-order valence-electron chi connectivity index (χ1n) is 13.0. The van der Waals surface area contributed by atoms with Crippen LogP contribution in [0.1, 0.15) is 79.1 Å². The Balaban J connectivity index is -0.0000000488. The number of carbonyl (C=O) groups is 4. The van der Waals surface area contributed by atoms with Gasteiger partial charge in [-0.1, -0.05) is 79.7 Å². The summed E-state index contributed by atoms with van der Waals surface area (Å²) in [6.45, 7) is 23.7. The van der Waals surface area contributed by atoms with Crippen molar-refractivity contribution in [1.82, 2.24) is 0 Å². The molecule has 0 fully saturated rings. The molecule has 12 N–H and O–H groups in total. The predicted molar refractivity (Wildman–Crippen MR) is 167 cm³/mol. The normalized spacial score (nSPS) is 7.40. The van der Waals surface area contributed by atoms with Crippen LogP contribution in [0.2, 0.25) is 0 Å². The van der Waals surface area contributed by atoms with Crippen molar-refractivity contribution in [3.63, 3.8) is 0 Å². The first kappa shape index (κ1) is 56.8. The van der Waals surface area contributed by atoms with E-state index in [0.717, 1.165) is 50.5 Å². The molecule has 0 heterocycles. The third-order valence-electron chi connectivity index (χ3n) is 2.93. The lowest BCUT2D eigenvalue weighted by atomic mass is 10.3. The van der Waals surface area contributed by atoms with Crippen molar-refractivity contribution < 1.29 is 39.6 Å². The minimum atomic E-state index is -0.981. The lowest BCUT2D eigenvalue weighted by Crippen LogP contribution is -1.95.